The number of aliphatic hydroxyl groups is 2. The Balaban J connectivity index is 1.77. The molecule has 0 spiro atoms. The van der Waals surface area contributed by atoms with Crippen LogP contribution in [0.1, 0.15) is 65.0 Å². The molecule has 0 saturated carbocycles. The summed E-state index contributed by atoms with van der Waals surface area (Å²) in [5.74, 6) is -9.48. The number of benzene rings is 2. The van der Waals surface area contributed by atoms with Crippen LogP contribution in [0.25, 0.3) is 10.9 Å². The Hall–Kier alpha value is -6.91. The molecule has 14 N–H and O–H groups in total. The third kappa shape index (κ3) is 17.4. The number of nitrogens with two attached hydrogens (primary N) is 1. The van der Waals surface area contributed by atoms with E-state index < -0.39 is 121 Å². The van der Waals surface area contributed by atoms with Crippen LogP contribution in [0.5, 0.6) is 0 Å². The van der Waals surface area contributed by atoms with Crippen LogP contribution in [-0.4, -0.2) is 140 Å². The number of amides is 7. The van der Waals surface area contributed by atoms with Gasteiger partial charge >= 0.3 is 11.9 Å². The summed E-state index contributed by atoms with van der Waals surface area (Å²) < 4.78 is 0. The highest BCUT2D eigenvalue weighted by Gasteiger charge is 2.34. The van der Waals surface area contributed by atoms with Crippen molar-refractivity contribution in [3.8, 4) is 0 Å². The molecule has 0 radical (unpaired) electrons. The minimum atomic E-state index is -1.65. The van der Waals surface area contributed by atoms with Gasteiger partial charge in [0.05, 0.1) is 25.7 Å². The Kier molecular flexibility index (Phi) is 21.4. The van der Waals surface area contributed by atoms with Crippen molar-refractivity contribution >= 4 is 64.2 Å². The second-order valence-corrected chi connectivity index (χ2v) is 17.0. The van der Waals surface area contributed by atoms with E-state index in [0.29, 0.717) is 11.1 Å². The first-order valence-corrected chi connectivity index (χ1v) is 21.8. The maximum Gasteiger partial charge on any atom is 0.326 e. The number of aromatic amines is 1. The van der Waals surface area contributed by atoms with Gasteiger partial charge in [0.25, 0.3) is 0 Å². The van der Waals surface area contributed by atoms with E-state index in [-0.39, 0.29) is 37.5 Å². The number of carbonyl (C=O) groups is 9. The van der Waals surface area contributed by atoms with Crippen molar-refractivity contribution in [3.05, 3.63) is 71.9 Å². The predicted octanol–water partition coefficient (Wildman–Crippen LogP) is -1.67. The lowest BCUT2D eigenvalue weighted by Crippen LogP contribution is -2.61. The first kappa shape index (κ1) is 54.4. The molecule has 8 atom stereocenters. The molecule has 0 aliphatic carbocycles. The number of rotatable bonds is 27. The standard InChI is InChI=1S/C45H63N9O13/c1-23(2)15-31(49-38(59)25(5)48-40(61)32(17-26-11-7-6-8-12-26)50-43(64)35(21-55)53-39(60)29(46)19-37(57)58)41(62)54-36(22-56)44(65)51-33(42(63)52-34(45(66)67)16-24(3)4)18-27-20-47-30-14-10-9-13-28(27)30/h6-14,20,23-25,29,31-36,47,55-56H,15-19,21-22,46H2,1-5H3,(H,48,61)(H,49,59)(H,50,64)(H,51,65)(H,52,63)(H,53,60)(H,54,62)(H,57,58)(H,66,67)/t25-,29-,31-,32-,33-,34-,35-,36-/m0/s1. The van der Waals surface area contributed by atoms with Crippen molar-refractivity contribution in [1.29, 1.82) is 0 Å². The summed E-state index contributed by atoms with van der Waals surface area (Å²) in [7, 11) is 0. The van der Waals surface area contributed by atoms with Gasteiger partial charge in [-0.15, -0.1) is 0 Å². The zero-order valence-corrected chi connectivity index (χ0v) is 38.0. The average molecular weight is 938 g/mol. The van der Waals surface area contributed by atoms with Crippen LogP contribution in [0.4, 0.5) is 0 Å². The van der Waals surface area contributed by atoms with Crippen molar-refractivity contribution in [2.24, 2.45) is 17.6 Å². The number of hydrogen-bond donors (Lipinski definition) is 13. The molecule has 7 amide bonds. The molecular formula is C45H63N9O13. The van der Waals surface area contributed by atoms with Gasteiger partial charge in [-0.2, -0.15) is 0 Å². The summed E-state index contributed by atoms with van der Waals surface area (Å²) in [6, 6.07) is 4.05. The number of hydrogen-bond acceptors (Lipinski definition) is 12. The normalized spacial score (nSPS) is 14.8. The van der Waals surface area contributed by atoms with Crippen LogP contribution in [-0.2, 0) is 56.0 Å². The number of aliphatic hydroxyl groups excluding tert-OH is 2. The molecular weight excluding hydrogens is 875 g/mol. The van der Waals surface area contributed by atoms with E-state index in [9.17, 15) is 58.5 Å². The molecule has 22 nitrogen and oxygen atoms in total. The average Bonchev–Trinajstić information content (AvgIpc) is 3.68. The molecule has 1 heterocycles. The number of H-pyrrole nitrogens is 1. The van der Waals surface area contributed by atoms with E-state index in [0.717, 1.165) is 10.9 Å². The number of para-hydroxylation sites is 1. The molecule has 3 rings (SSSR count). The maximum absolute atomic E-state index is 13.8. The second kappa shape index (κ2) is 26.3. The van der Waals surface area contributed by atoms with Crippen LogP contribution >= 0.6 is 0 Å². The van der Waals surface area contributed by atoms with Crippen LogP contribution in [0.2, 0.25) is 0 Å². The highest BCUT2D eigenvalue weighted by Crippen LogP contribution is 2.20. The van der Waals surface area contributed by atoms with Crippen molar-refractivity contribution in [3.63, 3.8) is 0 Å². The van der Waals surface area contributed by atoms with Gasteiger partial charge in [0.15, 0.2) is 0 Å². The van der Waals surface area contributed by atoms with E-state index in [2.05, 4.69) is 42.2 Å². The smallest absolute Gasteiger partial charge is 0.326 e. The third-order valence-electron chi connectivity index (χ3n) is 10.4. The van der Waals surface area contributed by atoms with Crippen molar-refractivity contribution in [1.82, 2.24) is 42.2 Å². The topological polar surface area (TPSA) is 361 Å². The van der Waals surface area contributed by atoms with Gasteiger partial charge in [0.2, 0.25) is 41.4 Å². The molecule has 0 aliphatic rings. The highest BCUT2D eigenvalue weighted by molar-refractivity contribution is 5.98. The monoisotopic (exact) mass is 937 g/mol. The van der Waals surface area contributed by atoms with Gasteiger partial charge in [-0.25, -0.2) is 4.79 Å². The van der Waals surface area contributed by atoms with Crippen LogP contribution in [0, 0.1) is 11.8 Å². The van der Waals surface area contributed by atoms with Gasteiger partial charge in [0, 0.05) is 29.9 Å². The summed E-state index contributed by atoms with van der Waals surface area (Å²) >= 11 is 0. The van der Waals surface area contributed by atoms with E-state index in [1.807, 2.05) is 6.07 Å². The second-order valence-electron chi connectivity index (χ2n) is 17.0. The Bertz CT molecular complexity index is 2200. The molecule has 0 aliphatic heterocycles. The Morgan fingerprint density at radius 2 is 0.985 bits per heavy atom. The quantitative estimate of drug-likeness (QED) is 0.0407. The lowest BCUT2D eigenvalue weighted by molar-refractivity contribution is -0.143. The predicted molar refractivity (Wildman–Crippen MR) is 242 cm³/mol. The molecule has 2 aromatic carbocycles. The summed E-state index contributed by atoms with van der Waals surface area (Å²) in [5.41, 5.74) is 7.51. The molecule has 0 bridgehead atoms. The van der Waals surface area contributed by atoms with E-state index >= 15 is 0 Å². The Morgan fingerprint density at radius 3 is 1.54 bits per heavy atom. The van der Waals surface area contributed by atoms with E-state index in [1.165, 1.54) is 6.92 Å². The summed E-state index contributed by atoms with van der Waals surface area (Å²) in [6.07, 6.45) is 0.782. The number of fused-ring (bicyclic) bond motifs is 1. The first-order chi connectivity index (χ1) is 31.6. The lowest BCUT2D eigenvalue weighted by Gasteiger charge is -2.27. The van der Waals surface area contributed by atoms with Crippen molar-refractivity contribution < 1.29 is 63.6 Å². The van der Waals surface area contributed by atoms with Crippen LogP contribution in [0.3, 0.4) is 0 Å². The zero-order valence-electron chi connectivity index (χ0n) is 38.0. The fraction of sp³-hybridized carbons (Fsp3) is 0.489. The fourth-order valence-electron chi connectivity index (χ4n) is 6.90. The van der Waals surface area contributed by atoms with Crippen LogP contribution in [0.15, 0.2) is 60.8 Å². The van der Waals surface area contributed by atoms with Crippen molar-refractivity contribution in [2.75, 3.05) is 13.2 Å². The summed E-state index contributed by atoms with van der Waals surface area (Å²) in [5, 5.41) is 56.8. The SMILES string of the molecule is CC(C)C[C@H](NC(=O)[C@H](Cc1c[nH]c2ccccc12)NC(=O)[C@H](CO)NC(=O)[C@H](CC(C)C)NC(=O)[C@H](C)NC(=O)[C@H](Cc1ccccc1)NC(=O)[C@H](CO)NC(=O)[C@@H](N)CC(=O)O)C(=O)O. The molecule has 0 fully saturated rings. The molecule has 366 valence electrons. The zero-order chi connectivity index (χ0) is 50.0. The number of carboxylic acids is 2. The number of aliphatic carboxylic acids is 2. The van der Waals surface area contributed by atoms with E-state index in [1.54, 1.807) is 82.4 Å². The summed E-state index contributed by atoms with van der Waals surface area (Å²) in [6.45, 7) is 6.50. The number of aromatic nitrogens is 1. The minimum absolute atomic E-state index is 0.0209. The Morgan fingerprint density at radius 1 is 0.537 bits per heavy atom. The maximum atomic E-state index is 13.8. The number of carboxylic acid groups (broad SMARTS) is 2. The highest BCUT2D eigenvalue weighted by atomic mass is 16.4. The Labute approximate surface area is 387 Å². The first-order valence-electron chi connectivity index (χ1n) is 21.8. The molecule has 22 heteroatoms. The fourth-order valence-corrected chi connectivity index (χ4v) is 6.90. The van der Waals surface area contributed by atoms with Gasteiger partial charge < -0.3 is 68.4 Å². The molecule has 0 saturated heterocycles. The van der Waals surface area contributed by atoms with Gasteiger partial charge in [-0.1, -0.05) is 76.2 Å². The molecule has 1 aromatic heterocycles. The number of carbonyl (C=O) groups excluding carboxylic acids is 7. The van der Waals surface area contributed by atoms with Gasteiger partial charge in [-0.3, -0.25) is 38.4 Å². The molecule has 67 heavy (non-hydrogen) atoms. The van der Waals surface area contributed by atoms with Gasteiger partial charge in [0.1, 0.15) is 42.3 Å². The third-order valence-corrected chi connectivity index (χ3v) is 10.4. The number of nitrogens with one attached hydrogen (secondary N) is 8. The van der Waals surface area contributed by atoms with Gasteiger partial charge in [-0.05, 0) is 48.8 Å². The molecule has 0 unspecified atom stereocenters. The van der Waals surface area contributed by atoms with Crippen LogP contribution < -0.4 is 43.0 Å². The van der Waals surface area contributed by atoms with Crippen molar-refractivity contribution in [2.45, 2.75) is 115 Å². The molecule has 3 aromatic rings. The minimum Gasteiger partial charge on any atom is -0.481 e. The van der Waals surface area contributed by atoms with E-state index in [4.69, 9.17) is 10.8 Å². The summed E-state index contributed by atoms with van der Waals surface area (Å²) in [4.78, 5) is 120. The largest absolute Gasteiger partial charge is 0.481 e. The lowest BCUT2D eigenvalue weighted by atomic mass is 10.0.